The van der Waals surface area contributed by atoms with Crippen LogP contribution in [0.5, 0.6) is 0 Å². The van der Waals surface area contributed by atoms with Crippen molar-refractivity contribution in [2.45, 2.75) is 39.7 Å². The fourth-order valence-corrected chi connectivity index (χ4v) is 1.59. The van der Waals surface area contributed by atoms with Gasteiger partial charge in [-0.25, -0.2) is 9.78 Å². The second-order valence-electron chi connectivity index (χ2n) is 5.16. The van der Waals surface area contributed by atoms with Gasteiger partial charge in [0.25, 0.3) is 5.91 Å². The Balaban J connectivity index is 3.08. The Morgan fingerprint density at radius 3 is 2.37 bits per heavy atom. The molecule has 0 aromatic carbocycles. The third-order valence-corrected chi connectivity index (χ3v) is 3.61. The summed E-state index contributed by atoms with van der Waals surface area (Å²) in [6, 6.07) is 2.88. The summed E-state index contributed by atoms with van der Waals surface area (Å²) in [4.78, 5) is 28.9. The van der Waals surface area contributed by atoms with Crippen molar-refractivity contribution in [2.24, 2.45) is 0 Å². The van der Waals surface area contributed by atoms with Crippen LogP contribution in [0.1, 0.15) is 53.7 Å². The van der Waals surface area contributed by atoms with Crippen LogP contribution in [0, 0.1) is 6.92 Å². The number of carbonyl (C=O) groups is 2. The molecule has 0 aliphatic rings. The number of rotatable bonds is 4. The van der Waals surface area contributed by atoms with E-state index >= 15 is 0 Å². The third-order valence-electron chi connectivity index (χ3n) is 3.61. The first-order valence-electron chi connectivity index (χ1n) is 6.19. The predicted molar refractivity (Wildman–Crippen MR) is 72.4 cm³/mol. The highest BCUT2D eigenvalue weighted by atomic mass is 16.4. The standard InChI is InChI=1S/C14H20N2O3/c1-6-14(3,4)16(5)12(17)11-8-7-10(13(18)19)9(2)15-11/h7-8H,6H2,1-5H3,(H,18,19). The summed E-state index contributed by atoms with van der Waals surface area (Å²) in [7, 11) is 1.73. The van der Waals surface area contributed by atoms with Crippen molar-refractivity contribution < 1.29 is 14.7 Å². The lowest BCUT2D eigenvalue weighted by atomic mass is 9.99. The highest BCUT2D eigenvalue weighted by Crippen LogP contribution is 2.19. The van der Waals surface area contributed by atoms with Gasteiger partial charge in [-0.1, -0.05) is 6.92 Å². The molecule has 1 rings (SSSR count). The van der Waals surface area contributed by atoms with Crippen molar-refractivity contribution in [3.63, 3.8) is 0 Å². The number of aromatic nitrogens is 1. The molecule has 104 valence electrons. The molecule has 1 N–H and O–H groups in total. The Bertz CT molecular complexity index is 509. The SMILES string of the molecule is CCC(C)(C)N(C)C(=O)c1ccc(C(=O)O)c(C)n1. The van der Waals surface area contributed by atoms with Gasteiger partial charge >= 0.3 is 5.97 Å². The minimum atomic E-state index is -1.04. The Morgan fingerprint density at radius 1 is 1.37 bits per heavy atom. The zero-order valence-electron chi connectivity index (χ0n) is 12.0. The predicted octanol–water partition coefficient (Wildman–Crippen LogP) is 2.35. The van der Waals surface area contributed by atoms with E-state index in [-0.39, 0.29) is 22.7 Å². The van der Waals surface area contributed by atoms with Crippen LogP contribution >= 0.6 is 0 Å². The maximum atomic E-state index is 12.3. The van der Waals surface area contributed by atoms with Crippen LogP contribution in [0.2, 0.25) is 0 Å². The van der Waals surface area contributed by atoms with Crippen molar-refractivity contribution in [3.05, 3.63) is 29.1 Å². The summed E-state index contributed by atoms with van der Waals surface area (Å²) in [6.45, 7) is 7.55. The lowest BCUT2D eigenvalue weighted by Crippen LogP contribution is -2.44. The van der Waals surface area contributed by atoms with Gasteiger partial charge in [0.05, 0.1) is 11.3 Å². The number of carbonyl (C=O) groups excluding carboxylic acids is 1. The van der Waals surface area contributed by atoms with Gasteiger partial charge in [-0.05, 0) is 39.3 Å². The molecule has 0 bridgehead atoms. The van der Waals surface area contributed by atoms with Crippen LogP contribution in [0.4, 0.5) is 0 Å². The fourth-order valence-electron chi connectivity index (χ4n) is 1.59. The summed E-state index contributed by atoms with van der Waals surface area (Å²) >= 11 is 0. The number of hydrogen-bond acceptors (Lipinski definition) is 3. The van der Waals surface area contributed by atoms with Crippen LogP contribution in [-0.4, -0.2) is 39.5 Å². The number of hydrogen-bond donors (Lipinski definition) is 1. The van der Waals surface area contributed by atoms with E-state index in [4.69, 9.17) is 5.11 Å². The molecule has 0 atom stereocenters. The van der Waals surface area contributed by atoms with Crippen molar-refractivity contribution in [1.82, 2.24) is 9.88 Å². The van der Waals surface area contributed by atoms with Crippen LogP contribution in [0.3, 0.4) is 0 Å². The van der Waals surface area contributed by atoms with Crippen molar-refractivity contribution in [2.75, 3.05) is 7.05 Å². The lowest BCUT2D eigenvalue weighted by Gasteiger charge is -2.34. The maximum Gasteiger partial charge on any atom is 0.337 e. The van der Waals surface area contributed by atoms with Gasteiger partial charge in [0.1, 0.15) is 5.69 Å². The van der Waals surface area contributed by atoms with E-state index in [0.29, 0.717) is 5.69 Å². The fraction of sp³-hybridized carbons (Fsp3) is 0.500. The zero-order valence-corrected chi connectivity index (χ0v) is 12.0. The van der Waals surface area contributed by atoms with E-state index in [0.717, 1.165) is 6.42 Å². The molecular weight excluding hydrogens is 244 g/mol. The monoisotopic (exact) mass is 264 g/mol. The zero-order chi connectivity index (χ0) is 14.8. The van der Waals surface area contributed by atoms with Crippen LogP contribution in [0.15, 0.2) is 12.1 Å². The average Bonchev–Trinajstić information content (AvgIpc) is 2.36. The molecular formula is C14H20N2O3. The van der Waals surface area contributed by atoms with Crippen molar-refractivity contribution >= 4 is 11.9 Å². The number of nitrogens with zero attached hydrogens (tertiary/aromatic N) is 2. The average molecular weight is 264 g/mol. The molecule has 0 radical (unpaired) electrons. The number of aryl methyl sites for hydroxylation is 1. The summed E-state index contributed by atoms with van der Waals surface area (Å²) in [6.07, 6.45) is 0.821. The number of carboxylic acids is 1. The van der Waals surface area contributed by atoms with Gasteiger partial charge < -0.3 is 10.0 Å². The number of aromatic carboxylic acids is 1. The van der Waals surface area contributed by atoms with Crippen LogP contribution in [0.25, 0.3) is 0 Å². The van der Waals surface area contributed by atoms with Crippen molar-refractivity contribution in [1.29, 1.82) is 0 Å². The van der Waals surface area contributed by atoms with E-state index in [2.05, 4.69) is 4.98 Å². The first kappa shape index (κ1) is 15.1. The van der Waals surface area contributed by atoms with E-state index in [1.165, 1.54) is 12.1 Å². The molecule has 0 spiro atoms. The van der Waals surface area contributed by atoms with Gasteiger partial charge in [-0.2, -0.15) is 0 Å². The highest BCUT2D eigenvalue weighted by Gasteiger charge is 2.27. The summed E-state index contributed by atoms with van der Waals surface area (Å²) in [5.41, 5.74) is 0.472. The van der Waals surface area contributed by atoms with Gasteiger partial charge in [0, 0.05) is 12.6 Å². The maximum absolute atomic E-state index is 12.3. The molecule has 0 unspecified atom stereocenters. The van der Waals surface area contributed by atoms with E-state index in [1.807, 2.05) is 20.8 Å². The van der Waals surface area contributed by atoms with Gasteiger partial charge in [0.15, 0.2) is 0 Å². The molecule has 19 heavy (non-hydrogen) atoms. The first-order chi connectivity index (χ1) is 8.70. The normalized spacial score (nSPS) is 11.2. The molecule has 5 heteroatoms. The number of amides is 1. The topological polar surface area (TPSA) is 70.5 Å². The molecule has 0 saturated carbocycles. The smallest absolute Gasteiger partial charge is 0.337 e. The summed E-state index contributed by atoms with van der Waals surface area (Å²) in [5.74, 6) is -1.24. The quantitative estimate of drug-likeness (QED) is 0.906. The highest BCUT2D eigenvalue weighted by molar-refractivity contribution is 5.94. The van der Waals surface area contributed by atoms with Gasteiger partial charge in [0.2, 0.25) is 0 Å². The summed E-state index contributed by atoms with van der Waals surface area (Å²) in [5, 5.41) is 8.94. The molecule has 0 saturated heterocycles. The number of pyridine rings is 1. The van der Waals surface area contributed by atoms with E-state index in [1.54, 1.807) is 18.9 Å². The number of carboxylic acid groups (broad SMARTS) is 1. The third kappa shape index (κ3) is 3.10. The molecule has 1 aromatic heterocycles. The molecule has 0 fully saturated rings. The second kappa shape index (κ2) is 5.38. The van der Waals surface area contributed by atoms with Crippen LogP contribution in [-0.2, 0) is 0 Å². The van der Waals surface area contributed by atoms with E-state index < -0.39 is 5.97 Å². The molecule has 1 heterocycles. The summed E-state index contributed by atoms with van der Waals surface area (Å²) < 4.78 is 0. The molecule has 1 amide bonds. The Hall–Kier alpha value is -1.91. The molecule has 5 nitrogen and oxygen atoms in total. The molecule has 1 aromatic rings. The van der Waals surface area contributed by atoms with E-state index in [9.17, 15) is 9.59 Å². The van der Waals surface area contributed by atoms with Crippen molar-refractivity contribution in [3.8, 4) is 0 Å². The van der Waals surface area contributed by atoms with Gasteiger partial charge in [-0.15, -0.1) is 0 Å². The Labute approximate surface area is 113 Å². The molecule has 0 aliphatic carbocycles. The van der Waals surface area contributed by atoms with Gasteiger partial charge in [-0.3, -0.25) is 4.79 Å². The Kier molecular flexibility index (Phi) is 4.29. The van der Waals surface area contributed by atoms with Crippen LogP contribution < -0.4 is 0 Å². The lowest BCUT2D eigenvalue weighted by molar-refractivity contribution is 0.0610. The largest absolute Gasteiger partial charge is 0.478 e. The minimum absolute atomic E-state index is 0.119. The minimum Gasteiger partial charge on any atom is -0.478 e. The second-order valence-corrected chi connectivity index (χ2v) is 5.16. The first-order valence-corrected chi connectivity index (χ1v) is 6.19. The Morgan fingerprint density at radius 2 is 1.95 bits per heavy atom. The molecule has 0 aliphatic heterocycles.